The van der Waals surface area contributed by atoms with Gasteiger partial charge in [-0.2, -0.15) is 5.10 Å². The second-order valence-electron chi connectivity index (χ2n) is 8.83. The average Bonchev–Trinajstić information content (AvgIpc) is 2.98. The first-order valence-corrected chi connectivity index (χ1v) is 10.9. The van der Waals surface area contributed by atoms with Crippen LogP contribution in [0.4, 0.5) is 4.79 Å². The van der Waals surface area contributed by atoms with E-state index in [4.69, 9.17) is 21.1 Å². The maximum absolute atomic E-state index is 12.4. The summed E-state index contributed by atoms with van der Waals surface area (Å²) in [5.41, 5.74) is 1.68. The van der Waals surface area contributed by atoms with Crippen LogP contribution in [-0.2, 0) is 9.47 Å². The molecule has 2 aromatic heterocycles. The summed E-state index contributed by atoms with van der Waals surface area (Å²) in [6.07, 6.45) is 2.04. The lowest BCUT2D eigenvalue weighted by Crippen LogP contribution is -2.42. The van der Waals surface area contributed by atoms with E-state index in [0.29, 0.717) is 36.2 Å². The molecule has 1 aliphatic rings. The van der Waals surface area contributed by atoms with Crippen LogP contribution in [0, 0.1) is 5.92 Å². The van der Waals surface area contributed by atoms with Gasteiger partial charge >= 0.3 is 6.09 Å². The zero-order valence-electron chi connectivity index (χ0n) is 18.4. The monoisotopic (exact) mass is 437 g/mol. The molecule has 8 heteroatoms. The maximum atomic E-state index is 12.4. The van der Waals surface area contributed by atoms with Crippen molar-refractivity contribution >= 4 is 23.2 Å². The van der Waals surface area contributed by atoms with Crippen LogP contribution in [0.3, 0.4) is 0 Å². The number of ether oxygens (including phenoxy) is 2. The highest BCUT2D eigenvalue weighted by atomic mass is 35.5. The number of fused-ring (bicyclic) bond motifs is 1. The molecule has 2 aromatic rings. The van der Waals surface area contributed by atoms with Gasteiger partial charge in [0, 0.05) is 31.8 Å². The second kappa shape index (κ2) is 9.12. The van der Waals surface area contributed by atoms with Gasteiger partial charge in [0.05, 0.1) is 21.8 Å². The minimum absolute atomic E-state index is 0.100. The summed E-state index contributed by atoms with van der Waals surface area (Å²) >= 11 is 6.76. The Labute approximate surface area is 182 Å². The maximum Gasteiger partial charge on any atom is 0.410 e. The molecule has 0 aliphatic carbocycles. The molecule has 3 rings (SSSR count). The summed E-state index contributed by atoms with van der Waals surface area (Å²) in [4.78, 5) is 14.1. The van der Waals surface area contributed by atoms with Crippen molar-refractivity contribution in [1.82, 2.24) is 14.5 Å². The number of likely N-dealkylation sites (tertiary alicyclic amines) is 1. The number of hydrogen-bond donors (Lipinski definition) is 1. The molecule has 1 fully saturated rings. The molecule has 1 saturated heterocycles. The fraction of sp³-hybridized carbons (Fsp3) is 0.636. The molecule has 30 heavy (non-hydrogen) atoms. The van der Waals surface area contributed by atoms with Crippen molar-refractivity contribution in [3.05, 3.63) is 34.6 Å². The van der Waals surface area contributed by atoms with Gasteiger partial charge in [-0.15, -0.1) is 0 Å². The summed E-state index contributed by atoms with van der Waals surface area (Å²) in [5, 5.41) is 15.5. The topological polar surface area (TPSA) is 76.3 Å². The molecule has 0 saturated carbocycles. The van der Waals surface area contributed by atoms with Crippen LogP contribution in [0.5, 0.6) is 0 Å². The number of carbonyl (C=O) groups is 1. The first-order valence-electron chi connectivity index (χ1n) is 10.6. The normalized spacial score (nSPS) is 17.9. The van der Waals surface area contributed by atoms with Gasteiger partial charge < -0.3 is 19.5 Å². The van der Waals surface area contributed by atoms with Crippen LogP contribution < -0.4 is 0 Å². The molecule has 0 aromatic carbocycles. The van der Waals surface area contributed by atoms with E-state index in [1.54, 1.807) is 11.1 Å². The van der Waals surface area contributed by atoms with E-state index in [2.05, 4.69) is 12.0 Å². The molecule has 0 bridgehead atoms. The van der Waals surface area contributed by atoms with Crippen LogP contribution >= 0.6 is 11.6 Å². The fourth-order valence-corrected chi connectivity index (χ4v) is 4.55. The largest absolute Gasteiger partial charge is 0.444 e. The van der Waals surface area contributed by atoms with E-state index < -0.39 is 11.9 Å². The number of nitrogens with zero attached hydrogens (tertiary/aromatic N) is 3. The Morgan fingerprint density at radius 1 is 1.37 bits per heavy atom. The first kappa shape index (κ1) is 22.8. The molecular weight excluding hydrogens is 406 g/mol. The minimum atomic E-state index is -1.10. The highest BCUT2D eigenvalue weighted by molar-refractivity contribution is 6.33. The van der Waals surface area contributed by atoms with E-state index in [0.717, 1.165) is 24.1 Å². The zero-order chi connectivity index (χ0) is 22.1. The Balaban J connectivity index is 1.80. The van der Waals surface area contributed by atoms with Crippen molar-refractivity contribution in [1.29, 1.82) is 0 Å². The molecule has 1 amide bonds. The number of aliphatic hydroxyl groups excluding tert-OH is 1. The molecule has 2 atom stereocenters. The van der Waals surface area contributed by atoms with Gasteiger partial charge in [0.25, 0.3) is 0 Å². The number of hydrogen-bond acceptors (Lipinski definition) is 5. The number of piperidine rings is 1. The molecule has 3 heterocycles. The van der Waals surface area contributed by atoms with Crippen molar-refractivity contribution < 1.29 is 19.4 Å². The summed E-state index contributed by atoms with van der Waals surface area (Å²) in [6.45, 7) is 11.3. The highest BCUT2D eigenvalue weighted by Crippen LogP contribution is 2.41. The van der Waals surface area contributed by atoms with Gasteiger partial charge in [-0.05, 0) is 58.6 Å². The summed E-state index contributed by atoms with van der Waals surface area (Å²) < 4.78 is 12.7. The van der Waals surface area contributed by atoms with E-state index >= 15 is 0 Å². The number of halogens is 1. The van der Waals surface area contributed by atoms with Crippen LogP contribution in [0.25, 0.3) is 5.52 Å². The van der Waals surface area contributed by atoms with E-state index in [1.165, 1.54) is 0 Å². The van der Waals surface area contributed by atoms with Gasteiger partial charge in [-0.1, -0.05) is 18.5 Å². The van der Waals surface area contributed by atoms with E-state index in [-0.39, 0.29) is 12.0 Å². The van der Waals surface area contributed by atoms with Gasteiger partial charge in [0.15, 0.2) is 6.29 Å². The van der Waals surface area contributed by atoms with E-state index in [9.17, 15) is 9.90 Å². The molecule has 166 valence electrons. The Kier molecular flexibility index (Phi) is 6.95. The van der Waals surface area contributed by atoms with Crippen molar-refractivity contribution in [3.63, 3.8) is 0 Å². The Hall–Kier alpha value is -1.83. The lowest BCUT2D eigenvalue weighted by Gasteiger charge is -2.35. The summed E-state index contributed by atoms with van der Waals surface area (Å²) in [7, 11) is 0. The van der Waals surface area contributed by atoms with Crippen LogP contribution in [-0.4, -0.2) is 51.0 Å². The van der Waals surface area contributed by atoms with E-state index in [1.807, 2.05) is 44.3 Å². The number of amides is 1. The third-order valence-corrected chi connectivity index (χ3v) is 6.01. The van der Waals surface area contributed by atoms with Gasteiger partial charge in [-0.3, -0.25) is 0 Å². The molecule has 0 spiro atoms. The predicted octanol–water partition coefficient (Wildman–Crippen LogP) is 4.77. The van der Waals surface area contributed by atoms with Gasteiger partial charge in [-0.25, -0.2) is 9.31 Å². The molecule has 1 aliphatic heterocycles. The van der Waals surface area contributed by atoms with Crippen molar-refractivity contribution in [2.24, 2.45) is 5.92 Å². The van der Waals surface area contributed by atoms with Crippen LogP contribution in [0.1, 0.15) is 70.9 Å². The highest BCUT2D eigenvalue weighted by Gasteiger charge is 2.33. The fourth-order valence-electron chi connectivity index (χ4n) is 4.11. The zero-order valence-corrected chi connectivity index (χ0v) is 19.1. The minimum Gasteiger partial charge on any atom is -0.444 e. The van der Waals surface area contributed by atoms with Gasteiger partial charge in [0.1, 0.15) is 5.60 Å². The smallest absolute Gasteiger partial charge is 0.410 e. The number of aromatic nitrogens is 2. The standard InChI is InChI=1S/C22H32ClN3O4/c1-6-29-20(27)17-16-8-7-11-24-26(16)19(18(17)23)14(2)15-9-12-25(13-10-15)21(28)30-22(3,4)5/h7-8,11,14-15,20,27H,6,9-10,12-13H2,1-5H3. The first-order chi connectivity index (χ1) is 14.1. The molecular formula is C22H32ClN3O4. The molecule has 0 radical (unpaired) electrons. The summed E-state index contributed by atoms with van der Waals surface area (Å²) in [5.74, 6) is 0.432. The van der Waals surface area contributed by atoms with Gasteiger partial charge in [0.2, 0.25) is 0 Å². The third kappa shape index (κ3) is 4.74. The lowest BCUT2D eigenvalue weighted by molar-refractivity contribution is -0.0969. The molecule has 7 nitrogen and oxygen atoms in total. The molecule has 1 N–H and O–H groups in total. The lowest BCUT2D eigenvalue weighted by atomic mass is 9.83. The summed E-state index contributed by atoms with van der Waals surface area (Å²) in [6, 6.07) is 3.71. The second-order valence-corrected chi connectivity index (χ2v) is 9.21. The quantitative estimate of drug-likeness (QED) is 0.682. The Morgan fingerprint density at radius 3 is 2.63 bits per heavy atom. The third-order valence-electron chi connectivity index (χ3n) is 5.62. The number of rotatable bonds is 5. The predicted molar refractivity (Wildman–Crippen MR) is 116 cm³/mol. The van der Waals surface area contributed by atoms with Crippen LogP contribution in [0.15, 0.2) is 18.3 Å². The number of aliphatic hydroxyl groups is 1. The Bertz CT molecular complexity index is 884. The van der Waals surface area contributed by atoms with Crippen molar-refractivity contribution in [3.8, 4) is 0 Å². The van der Waals surface area contributed by atoms with Crippen LogP contribution in [0.2, 0.25) is 5.02 Å². The number of carbonyl (C=O) groups excluding carboxylic acids is 1. The molecule has 2 unspecified atom stereocenters. The Morgan fingerprint density at radius 2 is 2.03 bits per heavy atom. The average molecular weight is 438 g/mol. The van der Waals surface area contributed by atoms with Crippen molar-refractivity contribution in [2.45, 2.75) is 65.3 Å². The van der Waals surface area contributed by atoms with Crippen molar-refractivity contribution in [2.75, 3.05) is 19.7 Å². The SMILES string of the molecule is CCOC(O)c1c(Cl)c(C(C)C2CCN(C(=O)OC(C)(C)C)CC2)n2ncccc12.